The molecule has 0 unspecified atom stereocenters. The predicted molar refractivity (Wildman–Crippen MR) is 88.1 cm³/mol. The zero-order valence-corrected chi connectivity index (χ0v) is 14.8. The lowest BCUT2D eigenvalue weighted by Crippen LogP contribution is -2.33. The second-order valence-electron chi connectivity index (χ2n) is 6.89. The van der Waals surface area contributed by atoms with Crippen LogP contribution in [0.15, 0.2) is 6.07 Å². The van der Waals surface area contributed by atoms with Gasteiger partial charge in [0, 0.05) is 13.1 Å². The Bertz CT molecular complexity index is 686. The maximum Gasteiger partial charge on any atom is 0.272 e. The van der Waals surface area contributed by atoms with Crippen LogP contribution in [0.5, 0.6) is 0 Å². The minimum atomic E-state index is -2.90. The number of aryl methyl sites for hydroxylation is 1. The molecule has 2 fully saturated rings. The van der Waals surface area contributed by atoms with Crippen molar-refractivity contribution in [1.29, 1.82) is 0 Å². The van der Waals surface area contributed by atoms with E-state index in [1.807, 2.05) is 22.6 Å². The van der Waals surface area contributed by atoms with Gasteiger partial charge in [-0.2, -0.15) is 5.10 Å². The summed E-state index contributed by atoms with van der Waals surface area (Å²) in [7, 11) is -2.90. The smallest absolute Gasteiger partial charge is 0.272 e. The van der Waals surface area contributed by atoms with Gasteiger partial charge in [-0.3, -0.25) is 9.48 Å². The van der Waals surface area contributed by atoms with Crippen molar-refractivity contribution in [3.63, 3.8) is 0 Å². The summed E-state index contributed by atoms with van der Waals surface area (Å²) in [5.74, 6) is 0.659. The number of nitrogens with zero attached hydrogens (tertiary/aromatic N) is 3. The molecule has 1 aromatic rings. The molecule has 0 bridgehead atoms. The average Bonchev–Trinajstić information content (AvgIpc) is 3.10. The van der Waals surface area contributed by atoms with Gasteiger partial charge in [0.2, 0.25) is 0 Å². The van der Waals surface area contributed by atoms with Gasteiger partial charge in [-0.1, -0.05) is 13.8 Å². The lowest BCUT2D eigenvalue weighted by molar-refractivity contribution is 0.0768. The van der Waals surface area contributed by atoms with E-state index in [2.05, 4.69) is 18.9 Å². The Labute approximate surface area is 137 Å². The fourth-order valence-corrected chi connectivity index (χ4v) is 6.15. The summed E-state index contributed by atoms with van der Waals surface area (Å²) < 4.78 is 25.3. The summed E-state index contributed by atoms with van der Waals surface area (Å²) in [5, 5.41) is 4.51. The number of rotatable bonds is 4. The number of fused-ring (bicyclic) bond motifs is 1. The van der Waals surface area contributed by atoms with E-state index in [0.29, 0.717) is 18.8 Å². The number of aromatic nitrogens is 2. The molecule has 0 spiro atoms. The largest absolute Gasteiger partial charge is 0.337 e. The van der Waals surface area contributed by atoms with Crippen LogP contribution in [-0.2, 0) is 9.84 Å². The molecule has 2 aliphatic heterocycles. The Morgan fingerprint density at radius 3 is 2.35 bits per heavy atom. The molecule has 128 valence electrons. The van der Waals surface area contributed by atoms with E-state index in [1.54, 1.807) is 0 Å². The monoisotopic (exact) mass is 339 g/mol. The molecule has 7 heteroatoms. The first kappa shape index (κ1) is 16.5. The van der Waals surface area contributed by atoms with Crippen molar-refractivity contribution in [3.8, 4) is 0 Å². The molecule has 3 rings (SSSR count). The van der Waals surface area contributed by atoms with Crippen molar-refractivity contribution in [2.24, 2.45) is 11.8 Å². The number of sulfone groups is 1. The van der Waals surface area contributed by atoms with E-state index in [0.717, 1.165) is 18.5 Å². The Kier molecular flexibility index (Phi) is 4.25. The van der Waals surface area contributed by atoms with Crippen LogP contribution in [-0.4, -0.2) is 53.6 Å². The molecule has 3 heterocycles. The van der Waals surface area contributed by atoms with Crippen LogP contribution in [0, 0.1) is 18.8 Å². The van der Waals surface area contributed by atoms with Crippen LogP contribution in [0.2, 0.25) is 0 Å². The number of hydrogen-bond acceptors (Lipinski definition) is 4. The van der Waals surface area contributed by atoms with Gasteiger partial charge in [-0.05, 0) is 37.7 Å². The van der Waals surface area contributed by atoms with E-state index < -0.39 is 9.84 Å². The van der Waals surface area contributed by atoms with E-state index in [4.69, 9.17) is 0 Å². The minimum Gasteiger partial charge on any atom is -0.337 e. The predicted octanol–water partition coefficient (Wildman–Crippen LogP) is 1.67. The van der Waals surface area contributed by atoms with Gasteiger partial charge in [-0.25, -0.2) is 8.42 Å². The Hall–Kier alpha value is -1.37. The molecule has 23 heavy (non-hydrogen) atoms. The zero-order valence-electron chi connectivity index (χ0n) is 14.0. The first-order valence-electron chi connectivity index (χ1n) is 8.40. The van der Waals surface area contributed by atoms with Crippen molar-refractivity contribution in [2.45, 2.75) is 39.7 Å². The van der Waals surface area contributed by atoms with Gasteiger partial charge >= 0.3 is 0 Å². The van der Waals surface area contributed by atoms with E-state index in [-0.39, 0.29) is 35.3 Å². The highest BCUT2D eigenvalue weighted by Crippen LogP contribution is 2.33. The molecule has 1 aromatic heterocycles. The molecule has 0 aromatic carbocycles. The molecular formula is C16H25N3O3S. The fourth-order valence-electron chi connectivity index (χ4n) is 3.95. The van der Waals surface area contributed by atoms with Crippen molar-refractivity contribution >= 4 is 15.7 Å². The zero-order chi connectivity index (χ0) is 16.8. The third kappa shape index (κ3) is 3.03. The maximum absolute atomic E-state index is 12.9. The topological polar surface area (TPSA) is 72.3 Å². The third-order valence-corrected chi connectivity index (χ3v) is 7.04. The second-order valence-corrected chi connectivity index (χ2v) is 9.05. The van der Waals surface area contributed by atoms with E-state index in [1.165, 1.54) is 0 Å². The SMILES string of the molecule is CCC(CC)n1nc(C)cc1C(=O)N1C[C@@H]2CS(=O)(=O)C[C@@H]2C1. The number of amides is 1. The van der Waals surface area contributed by atoms with Gasteiger partial charge < -0.3 is 4.90 Å². The van der Waals surface area contributed by atoms with Crippen LogP contribution in [0.1, 0.15) is 48.9 Å². The molecule has 1 amide bonds. The molecule has 2 saturated heterocycles. The highest BCUT2D eigenvalue weighted by atomic mass is 32.2. The molecule has 2 atom stereocenters. The van der Waals surface area contributed by atoms with Crippen LogP contribution in [0.3, 0.4) is 0 Å². The van der Waals surface area contributed by atoms with Gasteiger partial charge in [0.1, 0.15) is 5.69 Å². The first-order valence-corrected chi connectivity index (χ1v) is 10.2. The normalized spacial score (nSPS) is 26.0. The minimum absolute atomic E-state index is 0.00991. The van der Waals surface area contributed by atoms with Crippen molar-refractivity contribution in [1.82, 2.24) is 14.7 Å². The van der Waals surface area contributed by atoms with Crippen molar-refractivity contribution in [2.75, 3.05) is 24.6 Å². The molecule has 0 N–H and O–H groups in total. The van der Waals surface area contributed by atoms with Gasteiger partial charge in [0.05, 0.1) is 23.2 Å². The summed E-state index contributed by atoms with van der Waals surface area (Å²) in [6, 6.07) is 2.08. The molecule has 0 radical (unpaired) electrons. The van der Waals surface area contributed by atoms with Crippen LogP contribution < -0.4 is 0 Å². The summed E-state index contributed by atoms with van der Waals surface area (Å²) in [4.78, 5) is 14.7. The second kappa shape index (κ2) is 5.92. The first-order chi connectivity index (χ1) is 10.8. The van der Waals surface area contributed by atoms with E-state index >= 15 is 0 Å². The summed E-state index contributed by atoms with van der Waals surface area (Å²) >= 11 is 0. The van der Waals surface area contributed by atoms with Gasteiger partial charge in [-0.15, -0.1) is 0 Å². The number of likely N-dealkylation sites (tertiary alicyclic amines) is 1. The molecule has 6 nitrogen and oxygen atoms in total. The fraction of sp³-hybridized carbons (Fsp3) is 0.750. The van der Waals surface area contributed by atoms with Crippen molar-refractivity contribution < 1.29 is 13.2 Å². The number of carbonyl (C=O) groups excluding carboxylic acids is 1. The van der Waals surface area contributed by atoms with Crippen LogP contribution in [0.25, 0.3) is 0 Å². The van der Waals surface area contributed by atoms with Gasteiger partial charge in [0.15, 0.2) is 9.84 Å². The summed E-state index contributed by atoms with van der Waals surface area (Å²) in [5.41, 5.74) is 1.49. The quantitative estimate of drug-likeness (QED) is 0.836. The molecule has 0 aliphatic carbocycles. The lowest BCUT2D eigenvalue weighted by Gasteiger charge is -2.21. The highest BCUT2D eigenvalue weighted by Gasteiger charge is 2.45. The highest BCUT2D eigenvalue weighted by molar-refractivity contribution is 7.91. The van der Waals surface area contributed by atoms with Crippen LogP contribution >= 0.6 is 0 Å². The third-order valence-electron chi connectivity index (χ3n) is 5.17. The standard InChI is InChI=1S/C16H25N3O3S/c1-4-14(5-2)19-15(6-11(3)17-19)16(20)18-7-12-9-23(21,22)10-13(12)8-18/h6,12-14H,4-5,7-10H2,1-3H3/t12-,13+. The number of carbonyl (C=O) groups is 1. The Morgan fingerprint density at radius 1 is 1.26 bits per heavy atom. The maximum atomic E-state index is 12.9. The summed E-state index contributed by atoms with van der Waals surface area (Å²) in [6.45, 7) is 7.21. The molecular weight excluding hydrogens is 314 g/mol. The summed E-state index contributed by atoms with van der Waals surface area (Å²) in [6.07, 6.45) is 1.86. The van der Waals surface area contributed by atoms with Crippen LogP contribution in [0.4, 0.5) is 0 Å². The lowest BCUT2D eigenvalue weighted by atomic mass is 10.0. The molecule has 0 saturated carbocycles. The Balaban J connectivity index is 1.80. The van der Waals surface area contributed by atoms with Gasteiger partial charge in [0.25, 0.3) is 5.91 Å². The Morgan fingerprint density at radius 2 is 1.83 bits per heavy atom. The molecule has 2 aliphatic rings. The average molecular weight is 339 g/mol. The number of hydrogen-bond donors (Lipinski definition) is 0. The van der Waals surface area contributed by atoms with Crippen molar-refractivity contribution in [3.05, 3.63) is 17.5 Å². The van der Waals surface area contributed by atoms with E-state index in [9.17, 15) is 13.2 Å².